The normalized spacial score (nSPS) is 11.7. The maximum Gasteiger partial charge on any atom is 0.433 e. The molecule has 0 saturated carbocycles. The van der Waals surface area contributed by atoms with Gasteiger partial charge in [-0.3, -0.25) is 24.9 Å². The number of nitrogens with zero attached hydrogens (tertiary/aromatic N) is 3. The second kappa shape index (κ2) is 6.54. The highest BCUT2D eigenvalue weighted by molar-refractivity contribution is 6.31. The van der Waals surface area contributed by atoms with E-state index in [-0.39, 0.29) is 28.2 Å². The Hall–Kier alpha value is -3.14. The van der Waals surface area contributed by atoms with Gasteiger partial charge in [0.2, 0.25) is 0 Å². The molecule has 0 aromatic carbocycles. The number of hydrogen-bond acceptors (Lipinski definition) is 5. The lowest BCUT2D eigenvalue weighted by molar-refractivity contribution is -0.141. The first-order valence-corrected chi connectivity index (χ1v) is 7.66. The summed E-state index contributed by atoms with van der Waals surface area (Å²) in [5, 5.41) is 10.2. The van der Waals surface area contributed by atoms with Crippen molar-refractivity contribution in [3.8, 4) is 5.75 Å². The van der Waals surface area contributed by atoms with Gasteiger partial charge in [0, 0.05) is 12.4 Å². The molecule has 0 unspecified atom stereocenters. The molecule has 0 saturated heterocycles. The zero-order valence-electron chi connectivity index (χ0n) is 13.2. The minimum atomic E-state index is -4.61. The van der Waals surface area contributed by atoms with Crippen LogP contribution >= 0.6 is 11.6 Å². The van der Waals surface area contributed by atoms with Crippen molar-refractivity contribution in [3.05, 3.63) is 62.8 Å². The van der Waals surface area contributed by atoms with Crippen molar-refractivity contribution < 1.29 is 23.1 Å². The summed E-state index contributed by atoms with van der Waals surface area (Å²) in [7, 11) is 0. The van der Waals surface area contributed by atoms with E-state index >= 15 is 0 Å². The summed E-state index contributed by atoms with van der Waals surface area (Å²) in [5.41, 5.74) is 4.48. The Balaban J connectivity index is 2.19. The molecule has 0 aliphatic carbocycles. The van der Waals surface area contributed by atoms with Crippen LogP contribution in [0.2, 0.25) is 5.02 Å². The number of aromatic hydroxyl groups is 1. The number of rotatable bonds is 3. The van der Waals surface area contributed by atoms with Gasteiger partial charge in [-0.05, 0) is 17.7 Å². The first kappa shape index (κ1) is 18.6. The van der Waals surface area contributed by atoms with E-state index in [0.29, 0.717) is 0 Å². The standard InChI is InChI=1S/C16H9ClF3N4O3/c17-8-3-9-12(25)11(13(21)26)15(27)24(14(9)23-5-8)6-7-1-2-10(22-4-7)16(18,19)20/h1-5,21,25H,6H2. The van der Waals surface area contributed by atoms with Crippen LogP contribution in [-0.4, -0.2) is 25.5 Å². The smallest absolute Gasteiger partial charge is 0.433 e. The highest BCUT2D eigenvalue weighted by atomic mass is 35.5. The maximum absolute atomic E-state index is 12.6. The molecule has 3 heterocycles. The Morgan fingerprint density at radius 3 is 2.52 bits per heavy atom. The first-order valence-electron chi connectivity index (χ1n) is 7.28. The predicted octanol–water partition coefficient (Wildman–Crippen LogP) is 2.64. The molecule has 1 radical (unpaired) electrons. The fraction of sp³-hybridized carbons (Fsp3) is 0.125. The number of carbonyl (C=O) groups is 1. The molecule has 0 bridgehead atoms. The molecule has 0 aliphatic rings. The number of nitrogens with one attached hydrogen (secondary N) is 1. The minimum absolute atomic E-state index is 0.0439. The highest BCUT2D eigenvalue weighted by Gasteiger charge is 2.32. The molecule has 2 N–H and O–H groups in total. The van der Waals surface area contributed by atoms with Gasteiger partial charge in [0.25, 0.3) is 11.5 Å². The van der Waals surface area contributed by atoms with E-state index in [9.17, 15) is 27.9 Å². The van der Waals surface area contributed by atoms with Crippen LogP contribution in [0.3, 0.4) is 0 Å². The Morgan fingerprint density at radius 2 is 1.96 bits per heavy atom. The number of carbonyl (C=O) groups excluding carboxylic acids is 1. The molecule has 0 fully saturated rings. The quantitative estimate of drug-likeness (QED) is 0.730. The van der Waals surface area contributed by atoms with Gasteiger partial charge in [-0.1, -0.05) is 17.7 Å². The van der Waals surface area contributed by atoms with E-state index < -0.39 is 34.6 Å². The van der Waals surface area contributed by atoms with Crippen LogP contribution in [0.4, 0.5) is 13.2 Å². The van der Waals surface area contributed by atoms with E-state index in [2.05, 4.69) is 9.97 Å². The number of alkyl halides is 3. The highest BCUT2D eigenvalue weighted by Crippen LogP contribution is 2.29. The summed E-state index contributed by atoms with van der Waals surface area (Å²) in [6.45, 7) is -0.282. The molecule has 0 spiro atoms. The van der Waals surface area contributed by atoms with Crippen molar-refractivity contribution in [2.45, 2.75) is 12.7 Å². The van der Waals surface area contributed by atoms with Gasteiger partial charge in [-0.15, -0.1) is 0 Å². The molecule has 139 valence electrons. The van der Waals surface area contributed by atoms with Crippen LogP contribution in [0.25, 0.3) is 11.0 Å². The van der Waals surface area contributed by atoms with Crippen LogP contribution in [-0.2, 0) is 12.7 Å². The van der Waals surface area contributed by atoms with Crippen LogP contribution in [0.1, 0.15) is 21.6 Å². The Morgan fingerprint density at radius 1 is 1.26 bits per heavy atom. The fourth-order valence-corrected chi connectivity index (χ4v) is 2.67. The third kappa shape index (κ3) is 3.43. The summed E-state index contributed by atoms with van der Waals surface area (Å²) in [4.78, 5) is 31.3. The molecule has 0 atom stereocenters. The second-order valence-electron chi connectivity index (χ2n) is 5.52. The molecule has 11 heteroatoms. The van der Waals surface area contributed by atoms with Crippen molar-refractivity contribution in [2.24, 2.45) is 0 Å². The zero-order chi connectivity index (χ0) is 19.9. The van der Waals surface area contributed by atoms with Crippen LogP contribution in [0, 0.1) is 0 Å². The largest absolute Gasteiger partial charge is 0.506 e. The van der Waals surface area contributed by atoms with E-state index in [4.69, 9.17) is 17.3 Å². The van der Waals surface area contributed by atoms with Crippen LogP contribution in [0.5, 0.6) is 5.75 Å². The number of amides is 1. The molecular weight excluding hydrogens is 389 g/mol. The molecule has 3 aromatic rings. The van der Waals surface area contributed by atoms with Gasteiger partial charge in [0.15, 0.2) is 0 Å². The summed E-state index contributed by atoms with van der Waals surface area (Å²) in [6.07, 6.45) is -2.47. The molecule has 3 aromatic heterocycles. The predicted molar refractivity (Wildman–Crippen MR) is 88.4 cm³/mol. The lowest BCUT2D eigenvalue weighted by atomic mass is 10.1. The SMILES string of the molecule is [NH]C(=O)c1c(O)c2cc(Cl)cnc2n(Cc2ccc(C(F)(F)F)nc2)c1=O. The number of fused-ring (bicyclic) bond motifs is 1. The Kier molecular flexibility index (Phi) is 4.52. The van der Waals surface area contributed by atoms with Gasteiger partial charge < -0.3 is 5.11 Å². The zero-order valence-corrected chi connectivity index (χ0v) is 14.0. The molecule has 3 rings (SSSR count). The molecule has 7 nitrogen and oxygen atoms in total. The second-order valence-corrected chi connectivity index (χ2v) is 5.95. The van der Waals surface area contributed by atoms with Crippen LogP contribution in [0.15, 0.2) is 35.4 Å². The molecule has 1 amide bonds. The summed E-state index contributed by atoms with van der Waals surface area (Å²) in [6, 6.07) is 3.13. The lowest BCUT2D eigenvalue weighted by Gasteiger charge is -2.13. The maximum atomic E-state index is 12.6. The van der Waals surface area contributed by atoms with Gasteiger partial charge in [-0.2, -0.15) is 13.2 Å². The molecule has 0 aliphatic heterocycles. The summed E-state index contributed by atoms with van der Waals surface area (Å²) >= 11 is 5.83. The summed E-state index contributed by atoms with van der Waals surface area (Å²) in [5.74, 6) is -2.15. The van der Waals surface area contributed by atoms with Gasteiger partial charge >= 0.3 is 6.18 Å². The van der Waals surface area contributed by atoms with E-state index in [0.717, 1.165) is 22.9 Å². The van der Waals surface area contributed by atoms with Gasteiger partial charge in [0.05, 0.1) is 17.0 Å². The minimum Gasteiger partial charge on any atom is -0.506 e. The van der Waals surface area contributed by atoms with Gasteiger partial charge in [0.1, 0.15) is 22.7 Å². The number of aromatic nitrogens is 3. The lowest BCUT2D eigenvalue weighted by Crippen LogP contribution is -2.28. The summed E-state index contributed by atoms with van der Waals surface area (Å²) < 4.78 is 38.8. The Labute approximate surface area is 153 Å². The average Bonchev–Trinajstić information content (AvgIpc) is 2.58. The van der Waals surface area contributed by atoms with E-state index in [1.165, 1.54) is 12.3 Å². The topological polar surface area (TPSA) is 109 Å². The first-order chi connectivity index (χ1) is 12.6. The fourth-order valence-electron chi connectivity index (χ4n) is 2.51. The monoisotopic (exact) mass is 397 g/mol. The Bertz CT molecular complexity index is 1110. The van der Waals surface area contributed by atoms with Crippen molar-refractivity contribution in [1.82, 2.24) is 20.3 Å². The van der Waals surface area contributed by atoms with Crippen molar-refractivity contribution in [3.63, 3.8) is 0 Å². The third-order valence-corrected chi connectivity index (χ3v) is 3.93. The van der Waals surface area contributed by atoms with Crippen molar-refractivity contribution in [1.29, 1.82) is 0 Å². The average molecular weight is 398 g/mol. The number of pyridine rings is 3. The molecular formula is C16H9ClF3N4O3. The van der Waals surface area contributed by atoms with Gasteiger partial charge in [-0.25, -0.2) is 4.98 Å². The number of halogens is 4. The number of hydrogen-bond donors (Lipinski definition) is 1. The van der Waals surface area contributed by atoms with E-state index in [1.54, 1.807) is 0 Å². The van der Waals surface area contributed by atoms with Crippen molar-refractivity contribution in [2.75, 3.05) is 0 Å². The third-order valence-electron chi connectivity index (χ3n) is 3.72. The van der Waals surface area contributed by atoms with Crippen molar-refractivity contribution >= 4 is 28.5 Å². The van der Waals surface area contributed by atoms with E-state index in [1.807, 2.05) is 0 Å². The molecule has 27 heavy (non-hydrogen) atoms. The van der Waals surface area contributed by atoms with Crippen LogP contribution < -0.4 is 11.3 Å².